The van der Waals surface area contributed by atoms with Gasteiger partial charge in [-0.1, -0.05) is 36.4 Å². The minimum Gasteiger partial charge on any atom is -0.860 e. The van der Waals surface area contributed by atoms with Crippen LogP contribution in [-0.4, -0.2) is 50.6 Å². The van der Waals surface area contributed by atoms with Crippen molar-refractivity contribution in [3.63, 3.8) is 0 Å². The van der Waals surface area contributed by atoms with E-state index in [1.807, 2.05) is 30.3 Å². The SMILES string of the molecule is O=C1OCCN1CCN1C([O-])=CS(=O)(=O)C1c1ccc2ccccc2c1. The van der Waals surface area contributed by atoms with E-state index in [1.54, 1.807) is 12.1 Å². The molecular formula is C18H17N2O5S-. The highest BCUT2D eigenvalue weighted by atomic mass is 32.2. The first-order valence-corrected chi connectivity index (χ1v) is 9.86. The molecule has 0 saturated carbocycles. The number of hydrogen-bond donors (Lipinski definition) is 0. The van der Waals surface area contributed by atoms with Gasteiger partial charge in [0.1, 0.15) is 6.61 Å². The van der Waals surface area contributed by atoms with Gasteiger partial charge < -0.3 is 19.6 Å². The van der Waals surface area contributed by atoms with Crippen LogP contribution in [0.1, 0.15) is 10.9 Å². The second-order valence-corrected chi connectivity index (χ2v) is 8.16. The average molecular weight is 373 g/mol. The summed E-state index contributed by atoms with van der Waals surface area (Å²) in [6, 6.07) is 13.0. The maximum atomic E-state index is 12.6. The molecule has 2 heterocycles. The van der Waals surface area contributed by atoms with Crippen LogP contribution in [0.5, 0.6) is 0 Å². The molecule has 0 spiro atoms. The highest BCUT2D eigenvalue weighted by molar-refractivity contribution is 7.94. The van der Waals surface area contributed by atoms with Crippen molar-refractivity contribution in [2.75, 3.05) is 26.2 Å². The fraction of sp³-hybridized carbons (Fsp3) is 0.278. The predicted molar refractivity (Wildman–Crippen MR) is 93.3 cm³/mol. The van der Waals surface area contributed by atoms with Crippen molar-refractivity contribution in [1.29, 1.82) is 0 Å². The Bertz CT molecular complexity index is 1000. The summed E-state index contributed by atoms with van der Waals surface area (Å²) in [6.45, 7) is 1.11. The maximum Gasteiger partial charge on any atom is 0.409 e. The molecule has 2 aliphatic rings. The Balaban J connectivity index is 1.65. The molecule has 2 aromatic rings. The summed E-state index contributed by atoms with van der Waals surface area (Å²) < 4.78 is 30.0. The van der Waals surface area contributed by atoms with Gasteiger partial charge in [0.15, 0.2) is 15.2 Å². The van der Waals surface area contributed by atoms with Crippen molar-refractivity contribution in [3.05, 3.63) is 59.3 Å². The third-order valence-electron chi connectivity index (χ3n) is 4.66. The fourth-order valence-corrected chi connectivity index (χ4v) is 5.02. The van der Waals surface area contributed by atoms with Crippen LogP contribution in [-0.2, 0) is 14.6 Å². The van der Waals surface area contributed by atoms with Crippen LogP contribution >= 0.6 is 0 Å². The van der Waals surface area contributed by atoms with E-state index in [-0.39, 0.29) is 13.1 Å². The number of nitrogens with zero attached hydrogens (tertiary/aromatic N) is 2. The second-order valence-electron chi connectivity index (χ2n) is 6.30. The molecular weight excluding hydrogens is 356 g/mol. The fourth-order valence-electron chi connectivity index (χ4n) is 3.38. The molecule has 0 bridgehead atoms. The Hall–Kier alpha value is -2.74. The van der Waals surface area contributed by atoms with Gasteiger partial charge in [-0.3, -0.25) is 0 Å². The van der Waals surface area contributed by atoms with E-state index in [4.69, 9.17) is 4.74 Å². The number of hydrogen-bond acceptors (Lipinski definition) is 6. The number of sulfone groups is 1. The van der Waals surface area contributed by atoms with E-state index in [0.717, 1.165) is 16.2 Å². The zero-order valence-corrected chi connectivity index (χ0v) is 14.7. The molecule has 1 atom stereocenters. The predicted octanol–water partition coefficient (Wildman–Crippen LogP) is 1.18. The van der Waals surface area contributed by atoms with Gasteiger partial charge >= 0.3 is 6.09 Å². The van der Waals surface area contributed by atoms with Crippen LogP contribution in [0, 0.1) is 0 Å². The third-order valence-corrected chi connectivity index (χ3v) is 6.34. The van der Waals surface area contributed by atoms with Crippen LogP contribution in [0.15, 0.2) is 53.8 Å². The lowest BCUT2D eigenvalue weighted by atomic mass is 10.1. The zero-order valence-electron chi connectivity index (χ0n) is 13.9. The maximum absolute atomic E-state index is 12.6. The molecule has 26 heavy (non-hydrogen) atoms. The molecule has 0 aliphatic carbocycles. The van der Waals surface area contributed by atoms with Crippen LogP contribution in [0.4, 0.5) is 4.79 Å². The lowest BCUT2D eigenvalue weighted by molar-refractivity contribution is -0.332. The van der Waals surface area contributed by atoms with E-state index in [0.29, 0.717) is 18.7 Å². The third kappa shape index (κ3) is 2.86. The van der Waals surface area contributed by atoms with Crippen LogP contribution in [0.2, 0.25) is 0 Å². The molecule has 136 valence electrons. The van der Waals surface area contributed by atoms with Gasteiger partial charge in [-0.05, 0) is 28.3 Å². The quantitative estimate of drug-likeness (QED) is 0.799. The molecule has 1 saturated heterocycles. The van der Waals surface area contributed by atoms with Gasteiger partial charge in [0.25, 0.3) is 0 Å². The Morgan fingerprint density at radius 1 is 1.12 bits per heavy atom. The summed E-state index contributed by atoms with van der Waals surface area (Å²) in [5.41, 5.74) is 0.537. The Morgan fingerprint density at radius 2 is 1.88 bits per heavy atom. The first-order valence-electron chi connectivity index (χ1n) is 8.25. The highest BCUT2D eigenvalue weighted by Gasteiger charge is 2.37. The summed E-state index contributed by atoms with van der Waals surface area (Å²) >= 11 is 0. The molecule has 4 rings (SSSR count). The largest absolute Gasteiger partial charge is 0.860 e. The number of fused-ring (bicyclic) bond motifs is 1. The topological polar surface area (TPSA) is 90.0 Å². The van der Waals surface area contributed by atoms with Crippen molar-refractivity contribution in [2.24, 2.45) is 0 Å². The molecule has 1 fully saturated rings. The smallest absolute Gasteiger partial charge is 0.409 e. The molecule has 2 aromatic carbocycles. The normalized spacial score (nSPS) is 21.9. The number of ether oxygens (including phenoxy) is 1. The van der Waals surface area contributed by atoms with Gasteiger partial charge in [-0.25, -0.2) is 13.2 Å². The first-order chi connectivity index (χ1) is 12.5. The second kappa shape index (κ2) is 6.21. The molecule has 1 unspecified atom stereocenters. The van der Waals surface area contributed by atoms with Gasteiger partial charge in [0.2, 0.25) is 0 Å². The summed E-state index contributed by atoms with van der Waals surface area (Å²) in [5, 5.41) is 13.9. The number of amides is 1. The summed E-state index contributed by atoms with van der Waals surface area (Å²) in [7, 11) is -3.75. The van der Waals surface area contributed by atoms with Crippen LogP contribution in [0.25, 0.3) is 10.8 Å². The number of cyclic esters (lactones) is 1. The molecule has 2 aliphatic heterocycles. The van der Waals surface area contributed by atoms with Crippen LogP contribution < -0.4 is 5.11 Å². The highest BCUT2D eigenvalue weighted by Crippen LogP contribution is 2.36. The summed E-state index contributed by atoms with van der Waals surface area (Å²) in [5.74, 6) is -0.560. The van der Waals surface area contributed by atoms with Crippen molar-refractivity contribution < 1.29 is 23.1 Å². The molecule has 8 heteroatoms. The Labute approximate surface area is 151 Å². The lowest BCUT2D eigenvalue weighted by Gasteiger charge is -2.32. The van der Waals surface area contributed by atoms with Gasteiger partial charge in [-0.2, -0.15) is 0 Å². The molecule has 0 N–H and O–H groups in total. The molecule has 1 amide bonds. The molecule has 7 nitrogen and oxygen atoms in total. The first kappa shape index (κ1) is 16.7. The van der Waals surface area contributed by atoms with Crippen molar-refractivity contribution in [1.82, 2.24) is 9.80 Å². The van der Waals surface area contributed by atoms with E-state index in [1.165, 1.54) is 9.80 Å². The molecule has 0 aromatic heterocycles. The number of carbonyl (C=O) groups excluding carboxylic acids is 1. The van der Waals surface area contributed by atoms with Crippen molar-refractivity contribution in [3.8, 4) is 0 Å². The standard InChI is InChI=1S/C18H18N2O5S/c21-16-12-26(23,24)17(20(16)8-7-19-9-10-25-18(19)22)15-6-5-13-3-1-2-4-14(13)11-15/h1-6,11-12,17,21H,7-10H2/p-1. The monoisotopic (exact) mass is 373 g/mol. The summed E-state index contributed by atoms with van der Waals surface area (Å²) in [4.78, 5) is 14.3. The number of benzene rings is 2. The number of carbonyl (C=O) groups is 1. The number of rotatable bonds is 4. The van der Waals surface area contributed by atoms with Crippen molar-refractivity contribution >= 4 is 26.7 Å². The Kier molecular flexibility index (Phi) is 3.99. The summed E-state index contributed by atoms with van der Waals surface area (Å²) in [6.07, 6.45) is -0.439. The van der Waals surface area contributed by atoms with Crippen molar-refractivity contribution in [2.45, 2.75) is 5.37 Å². The van der Waals surface area contributed by atoms with E-state index < -0.39 is 27.2 Å². The lowest BCUT2D eigenvalue weighted by Crippen LogP contribution is -2.38. The van der Waals surface area contributed by atoms with E-state index in [2.05, 4.69) is 0 Å². The van der Waals surface area contributed by atoms with E-state index >= 15 is 0 Å². The minimum absolute atomic E-state index is 0.126. The average Bonchev–Trinajstić information content (AvgIpc) is 3.11. The van der Waals surface area contributed by atoms with Gasteiger partial charge in [0, 0.05) is 18.5 Å². The van der Waals surface area contributed by atoms with Gasteiger partial charge in [-0.15, -0.1) is 0 Å². The molecule has 0 radical (unpaired) electrons. The Morgan fingerprint density at radius 3 is 2.62 bits per heavy atom. The van der Waals surface area contributed by atoms with E-state index in [9.17, 15) is 18.3 Å². The van der Waals surface area contributed by atoms with Gasteiger partial charge in [0.05, 0.1) is 6.54 Å². The minimum atomic E-state index is -3.75. The van der Waals surface area contributed by atoms with Crippen LogP contribution in [0.3, 0.4) is 0 Å². The zero-order chi connectivity index (χ0) is 18.3.